The van der Waals surface area contributed by atoms with Crippen LogP contribution in [0.3, 0.4) is 0 Å². The van der Waals surface area contributed by atoms with Gasteiger partial charge in [-0.15, -0.1) is 0 Å². The molecule has 1 amide bonds. The fourth-order valence-electron chi connectivity index (χ4n) is 2.45. The van der Waals surface area contributed by atoms with E-state index in [2.05, 4.69) is 22.7 Å². The van der Waals surface area contributed by atoms with E-state index < -0.39 is 0 Å². The predicted molar refractivity (Wildman–Crippen MR) is 66.7 cm³/mol. The van der Waals surface area contributed by atoms with Crippen molar-refractivity contribution in [2.24, 2.45) is 16.9 Å². The molecular formula is C14H13FN2O. The summed E-state index contributed by atoms with van der Waals surface area (Å²) < 4.78 is 12.7. The lowest BCUT2D eigenvalue weighted by molar-refractivity contribution is 0.0954. The Labute approximate surface area is 104 Å². The quantitative estimate of drug-likeness (QED) is 0.630. The van der Waals surface area contributed by atoms with Gasteiger partial charge in [0.25, 0.3) is 5.91 Å². The number of hydrazone groups is 1. The first-order valence-corrected chi connectivity index (χ1v) is 6.03. The van der Waals surface area contributed by atoms with E-state index in [9.17, 15) is 9.18 Å². The highest BCUT2D eigenvalue weighted by atomic mass is 19.1. The van der Waals surface area contributed by atoms with Crippen LogP contribution in [0.5, 0.6) is 0 Å². The van der Waals surface area contributed by atoms with Crippen molar-refractivity contribution in [1.29, 1.82) is 0 Å². The van der Waals surface area contributed by atoms with Crippen molar-refractivity contribution in [1.82, 2.24) is 5.43 Å². The Hall–Kier alpha value is -1.97. The minimum Gasteiger partial charge on any atom is -0.267 e. The molecule has 18 heavy (non-hydrogen) atoms. The van der Waals surface area contributed by atoms with Gasteiger partial charge in [0.05, 0.1) is 0 Å². The fourth-order valence-corrected chi connectivity index (χ4v) is 2.45. The highest BCUT2D eigenvalue weighted by Crippen LogP contribution is 2.40. The molecule has 0 aliphatic heterocycles. The van der Waals surface area contributed by atoms with Gasteiger partial charge in [-0.2, -0.15) is 5.10 Å². The molecule has 0 radical (unpaired) electrons. The van der Waals surface area contributed by atoms with Gasteiger partial charge in [0, 0.05) is 17.2 Å². The molecule has 0 heterocycles. The van der Waals surface area contributed by atoms with Crippen LogP contribution in [0.2, 0.25) is 0 Å². The zero-order valence-corrected chi connectivity index (χ0v) is 9.77. The molecule has 0 saturated heterocycles. The molecule has 1 aromatic carbocycles. The monoisotopic (exact) mass is 244 g/mol. The summed E-state index contributed by atoms with van der Waals surface area (Å²) in [6.07, 6.45) is 6.34. The zero-order chi connectivity index (χ0) is 12.5. The van der Waals surface area contributed by atoms with Crippen LogP contribution >= 0.6 is 0 Å². The predicted octanol–water partition coefficient (Wildman–Crippen LogP) is 2.51. The van der Waals surface area contributed by atoms with Gasteiger partial charge < -0.3 is 0 Å². The Morgan fingerprint density at radius 3 is 2.83 bits per heavy atom. The molecule has 1 aromatic rings. The molecule has 2 unspecified atom stereocenters. The summed E-state index contributed by atoms with van der Waals surface area (Å²) in [7, 11) is 0. The van der Waals surface area contributed by atoms with Crippen molar-refractivity contribution < 1.29 is 9.18 Å². The molecule has 2 aliphatic carbocycles. The number of carbonyl (C=O) groups excluding carboxylic acids is 1. The fraction of sp³-hybridized carbons (Fsp3) is 0.286. The van der Waals surface area contributed by atoms with Gasteiger partial charge in [0.1, 0.15) is 5.82 Å². The van der Waals surface area contributed by atoms with Crippen molar-refractivity contribution in [2.45, 2.75) is 12.8 Å². The van der Waals surface area contributed by atoms with Crippen LogP contribution in [0.4, 0.5) is 4.39 Å². The summed E-state index contributed by atoms with van der Waals surface area (Å²) in [4.78, 5) is 11.7. The van der Waals surface area contributed by atoms with Gasteiger partial charge in [-0.25, -0.2) is 9.82 Å². The number of hydrogen-bond acceptors (Lipinski definition) is 2. The molecule has 3 nitrogen and oxygen atoms in total. The van der Waals surface area contributed by atoms with E-state index in [4.69, 9.17) is 0 Å². The minimum absolute atomic E-state index is 0.295. The number of allylic oxidation sites excluding steroid dienone is 2. The van der Waals surface area contributed by atoms with Crippen LogP contribution in [0, 0.1) is 17.7 Å². The lowest BCUT2D eigenvalue weighted by atomic mass is 9.74. The third kappa shape index (κ3) is 1.94. The average Bonchev–Trinajstić information content (AvgIpc) is 2.72. The average molecular weight is 244 g/mol. The first-order chi connectivity index (χ1) is 8.74. The van der Waals surface area contributed by atoms with E-state index in [0.29, 0.717) is 17.4 Å². The van der Waals surface area contributed by atoms with Crippen LogP contribution in [-0.4, -0.2) is 11.6 Å². The molecule has 0 bridgehead atoms. The van der Waals surface area contributed by atoms with Gasteiger partial charge in [-0.05, 0) is 43.0 Å². The van der Waals surface area contributed by atoms with Crippen LogP contribution < -0.4 is 5.43 Å². The SMILES string of the molecule is O=C(N/N=C1/CC2C=CCC12)c1ccc(F)cc1. The summed E-state index contributed by atoms with van der Waals surface area (Å²) >= 11 is 0. The third-order valence-electron chi connectivity index (χ3n) is 3.57. The van der Waals surface area contributed by atoms with Crippen LogP contribution in [-0.2, 0) is 0 Å². The van der Waals surface area contributed by atoms with Crippen molar-refractivity contribution in [3.05, 3.63) is 47.8 Å². The number of benzene rings is 1. The molecule has 1 saturated carbocycles. The highest BCUT2D eigenvalue weighted by Gasteiger charge is 2.37. The lowest BCUT2D eigenvalue weighted by Gasteiger charge is -2.31. The number of halogens is 1. The molecule has 0 spiro atoms. The lowest BCUT2D eigenvalue weighted by Crippen LogP contribution is -2.35. The van der Waals surface area contributed by atoms with Crippen molar-refractivity contribution >= 4 is 11.6 Å². The Bertz CT molecular complexity index is 533. The minimum atomic E-state index is -0.350. The molecule has 3 rings (SSSR count). The Balaban J connectivity index is 1.62. The molecule has 4 heteroatoms. The molecule has 92 valence electrons. The second-order valence-corrected chi connectivity index (χ2v) is 4.69. The normalized spacial score (nSPS) is 26.8. The van der Waals surface area contributed by atoms with Crippen molar-refractivity contribution in [3.8, 4) is 0 Å². The number of nitrogens with one attached hydrogen (secondary N) is 1. The van der Waals surface area contributed by atoms with Gasteiger partial charge in [-0.3, -0.25) is 4.79 Å². The standard InChI is InChI=1S/C14H13FN2O/c15-11-6-4-9(5-7-11)14(18)17-16-13-8-10-2-1-3-12(10)13/h1-2,4-7,10,12H,3,8H2,(H,17,18)/b16-13-. The van der Waals surface area contributed by atoms with E-state index in [1.165, 1.54) is 24.3 Å². The van der Waals surface area contributed by atoms with E-state index in [1.54, 1.807) is 0 Å². The maximum atomic E-state index is 12.7. The number of rotatable bonds is 2. The van der Waals surface area contributed by atoms with Gasteiger partial charge in [-0.1, -0.05) is 12.2 Å². The van der Waals surface area contributed by atoms with Crippen molar-refractivity contribution in [2.75, 3.05) is 0 Å². The summed E-state index contributed by atoms with van der Waals surface area (Å²) in [5, 5.41) is 4.15. The second kappa shape index (κ2) is 4.37. The topological polar surface area (TPSA) is 41.5 Å². The van der Waals surface area contributed by atoms with Crippen LogP contribution in [0.1, 0.15) is 23.2 Å². The summed E-state index contributed by atoms with van der Waals surface area (Å²) in [6, 6.07) is 5.43. The van der Waals surface area contributed by atoms with E-state index in [-0.39, 0.29) is 11.7 Å². The Morgan fingerprint density at radius 2 is 2.11 bits per heavy atom. The highest BCUT2D eigenvalue weighted by molar-refractivity contribution is 5.98. The number of hydrogen-bond donors (Lipinski definition) is 1. The summed E-state index contributed by atoms with van der Waals surface area (Å²) in [5.74, 6) is 0.457. The molecule has 2 atom stereocenters. The Morgan fingerprint density at radius 1 is 1.33 bits per heavy atom. The first kappa shape index (κ1) is 11.1. The van der Waals surface area contributed by atoms with Gasteiger partial charge in [0.2, 0.25) is 0 Å². The second-order valence-electron chi connectivity index (χ2n) is 4.69. The smallest absolute Gasteiger partial charge is 0.267 e. The number of nitrogens with zero attached hydrogens (tertiary/aromatic N) is 1. The molecular weight excluding hydrogens is 231 g/mol. The molecule has 1 N–H and O–H groups in total. The van der Waals surface area contributed by atoms with E-state index in [0.717, 1.165) is 18.6 Å². The first-order valence-electron chi connectivity index (χ1n) is 6.03. The maximum Gasteiger partial charge on any atom is 0.271 e. The third-order valence-corrected chi connectivity index (χ3v) is 3.57. The van der Waals surface area contributed by atoms with E-state index in [1.807, 2.05) is 0 Å². The zero-order valence-electron chi connectivity index (χ0n) is 9.77. The molecule has 1 fully saturated rings. The summed E-state index contributed by atoms with van der Waals surface area (Å²) in [5.41, 5.74) is 4.01. The molecule has 0 aromatic heterocycles. The molecule has 2 aliphatic rings. The number of carbonyl (C=O) groups is 1. The largest absolute Gasteiger partial charge is 0.271 e. The van der Waals surface area contributed by atoms with Crippen LogP contribution in [0.15, 0.2) is 41.5 Å². The van der Waals surface area contributed by atoms with Gasteiger partial charge >= 0.3 is 0 Å². The maximum absolute atomic E-state index is 12.7. The summed E-state index contributed by atoms with van der Waals surface area (Å²) in [6.45, 7) is 0. The number of amides is 1. The number of fused-ring (bicyclic) bond motifs is 1. The van der Waals surface area contributed by atoms with Crippen LogP contribution in [0.25, 0.3) is 0 Å². The Kier molecular flexibility index (Phi) is 2.70. The van der Waals surface area contributed by atoms with Gasteiger partial charge in [0.15, 0.2) is 0 Å². The van der Waals surface area contributed by atoms with E-state index >= 15 is 0 Å². The van der Waals surface area contributed by atoms with Crippen molar-refractivity contribution in [3.63, 3.8) is 0 Å².